The zero-order chi connectivity index (χ0) is 15.1. The van der Waals surface area contributed by atoms with Crippen LogP contribution in [0.4, 0.5) is 0 Å². The van der Waals surface area contributed by atoms with E-state index in [0.717, 1.165) is 24.1 Å². The summed E-state index contributed by atoms with van der Waals surface area (Å²) in [4.78, 5) is 3.96. The van der Waals surface area contributed by atoms with Crippen LogP contribution >= 0.6 is 11.6 Å². The van der Waals surface area contributed by atoms with E-state index in [1.54, 1.807) is 18.3 Å². The van der Waals surface area contributed by atoms with Crippen molar-refractivity contribution in [3.05, 3.63) is 71.0 Å². The predicted molar refractivity (Wildman–Crippen MR) is 87.3 cm³/mol. The number of rotatable bonds is 7. The molecule has 1 aromatic carbocycles. The summed E-state index contributed by atoms with van der Waals surface area (Å²) < 4.78 is 0. The largest absolute Gasteiger partial charge is 0.387 e. The average molecular weight is 303 g/mol. The number of benzene rings is 1. The Morgan fingerprint density at radius 1 is 1.24 bits per heavy atom. The van der Waals surface area contributed by atoms with E-state index in [1.165, 1.54) is 5.56 Å². The molecule has 0 spiro atoms. The van der Waals surface area contributed by atoms with Crippen LogP contribution in [0.2, 0.25) is 5.15 Å². The number of aliphatic hydroxyl groups is 1. The first-order valence-electron chi connectivity index (χ1n) is 6.90. The molecule has 110 valence electrons. The van der Waals surface area contributed by atoms with Crippen molar-refractivity contribution < 1.29 is 5.11 Å². The van der Waals surface area contributed by atoms with Gasteiger partial charge in [-0.2, -0.15) is 0 Å². The maximum Gasteiger partial charge on any atom is 0.129 e. The summed E-state index contributed by atoms with van der Waals surface area (Å²) in [5.74, 6) is 0. The van der Waals surface area contributed by atoms with Crippen molar-refractivity contribution in [1.29, 1.82) is 0 Å². The molecule has 1 heterocycles. The first-order chi connectivity index (χ1) is 10.2. The van der Waals surface area contributed by atoms with Crippen LogP contribution < -0.4 is 5.32 Å². The second-order valence-corrected chi connectivity index (χ2v) is 5.22. The van der Waals surface area contributed by atoms with Crippen molar-refractivity contribution >= 4 is 17.7 Å². The van der Waals surface area contributed by atoms with Gasteiger partial charge in [0.25, 0.3) is 0 Å². The highest BCUT2D eigenvalue weighted by Crippen LogP contribution is 2.13. The van der Waals surface area contributed by atoms with Crippen molar-refractivity contribution in [2.24, 2.45) is 0 Å². The van der Waals surface area contributed by atoms with Gasteiger partial charge in [0.1, 0.15) is 5.15 Å². The minimum absolute atomic E-state index is 0.432. The highest BCUT2D eigenvalue weighted by atomic mass is 35.5. The number of nitrogens with one attached hydrogen (secondary N) is 1. The minimum Gasteiger partial charge on any atom is -0.387 e. The lowest BCUT2D eigenvalue weighted by Gasteiger charge is -2.12. The van der Waals surface area contributed by atoms with E-state index in [4.69, 9.17) is 11.6 Å². The third kappa shape index (κ3) is 4.97. The average Bonchev–Trinajstić information content (AvgIpc) is 2.52. The van der Waals surface area contributed by atoms with Gasteiger partial charge in [-0.15, -0.1) is 0 Å². The van der Waals surface area contributed by atoms with Crippen LogP contribution in [0.5, 0.6) is 0 Å². The fourth-order valence-electron chi connectivity index (χ4n) is 1.99. The third-order valence-electron chi connectivity index (χ3n) is 3.28. The molecule has 0 aliphatic rings. The van der Waals surface area contributed by atoms with Gasteiger partial charge in [-0.3, -0.25) is 0 Å². The normalized spacial score (nSPS) is 12.1. The number of aliphatic hydroxyl groups excluding tert-OH is 1. The number of aromatic nitrogens is 1. The maximum atomic E-state index is 10.0. The van der Waals surface area contributed by atoms with Gasteiger partial charge in [0.2, 0.25) is 0 Å². The van der Waals surface area contributed by atoms with E-state index in [0.29, 0.717) is 11.7 Å². The molecule has 2 rings (SSSR count). The lowest BCUT2D eigenvalue weighted by molar-refractivity contribution is 0.174. The topological polar surface area (TPSA) is 45.1 Å². The second kappa shape index (κ2) is 7.93. The SMILES string of the molecule is C=Cc1ccc(CCNCC(O)c2ccc(Cl)nc2)cc1. The molecule has 2 aromatic rings. The zero-order valence-corrected chi connectivity index (χ0v) is 12.6. The first-order valence-corrected chi connectivity index (χ1v) is 7.28. The summed E-state index contributed by atoms with van der Waals surface area (Å²) in [6, 6.07) is 11.8. The molecule has 4 heteroatoms. The molecule has 0 bridgehead atoms. The monoisotopic (exact) mass is 302 g/mol. The molecule has 0 saturated heterocycles. The van der Waals surface area contributed by atoms with Gasteiger partial charge in [0, 0.05) is 18.3 Å². The van der Waals surface area contributed by atoms with E-state index < -0.39 is 6.10 Å². The lowest BCUT2D eigenvalue weighted by atomic mass is 10.1. The Labute approximate surface area is 130 Å². The Morgan fingerprint density at radius 2 is 2.00 bits per heavy atom. The fourth-order valence-corrected chi connectivity index (χ4v) is 2.11. The lowest BCUT2D eigenvalue weighted by Crippen LogP contribution is -2.23. The molecule has 0 saturated carbocycles. The van der Waals surface area contributed by atoms with E-state index in [9.17, 15) is 5.11 Å². The molecule has 2 N–H and O–H groups in total. The van der Waals surface area contributed by atoms with Crippen LogP contribution in [0.3, 0.4) is 0 Å². The van der Waals surface area contributed by atoms with Gasteiger partial charge in [-0.25, -0.2) is 4.98 Å². The molecule has 1 atom stereocenters. The molecule has 0 fully saturated rings. The van der Waals surface area contributed by atoms with Gasteiger partial charge >= 0.3 is 0 Å². The van der Waals surface area contributed by atoms with Gasteiger partial charge in [0.05, 0.1) is 6.10 Å². The Kier molecular flexibility index (Phi) is 5.93. The van der Waals surface area contributed by atoms with Crippen molar-refractivity contribution in [2.75, 3.05) is 13.1 Å². The molecule has 0 amide bonds. The molecule has 0 aliphatic heterocycles. The Balaban J connectivity index is 1.73. The van der Waals surface area contributed by atoms with E-state index in [1.807, 2.05) is 6.08 Å². The second-order valence-electron chi connectivity index (χ2n) is 4.83. The van der Waals surface area contributed by atoms with Crippen LogP contribution in [0.15, 0.2) is 49.2 Å². The highest BCUT2D eigenvalue weighted by molar-refractivity contribution is 6.29. The first kappa shape index (κ1) is 15.7. The quantitative estimate of drug-likeness (QED) is 0.609. The number of halogens is 1. The van der Waals surface area contributed by atoms with E-state index in [-0.39, 0.29) is 0 Å². The van der Waals surface area contributed by atoms with Crippen molar-refractivity contribution in [1.82, 2.24) is 10.3 Å². The third-order valence-corrected chi connectivity index (χ3v) is 3.50. The van der Waals surface area contributed by atoms with Gasteiger partial charge in [0.15, 0.2) is 0 Å². The molecule has 1 aromatic heterocycles. The van der Waals surface area contributed by atoms with Crippen LogP contribution in [0.25, 0.3) is 6.08 Å². The Morgan fingerprint density at radius 3 is 2.62 bits per heavy atom. The summed E-state index contributed by atoms with van der Waals surface area (Å²) in [6.45, 7) is 5.04. The number of hydrogen-bond acceptors (Lipinski definition) is 3. The maximum absolute atomic E-state index is 10.0. The minimum atomic E-state index is -0.571. The highest BCUT2D eigenvalue weighted by Gasteiger charge is 2.07. The van der Waals surface area contributed by atoms with Crippen LogP contribution in [-0.2, 0) is 6.42 Å². The summed E-state index contributed by atoms with van der Waals surface area (Å²) in [5, 5.41) is 13.7. The zero-order valence-electron chi connectivity index (χ0n) is 11.8. The van der Waals surface area contributed by atoms with Crippen LogP contribution in [0, 0.1) is 0 Å². The molecule has 0 radical (unpaired) electrons. The van der Waals surface area contributed by atoms with Crippen LogP contribution in [0.1, 0.15) is 22.8 Å². The predicted octanol–water partition coefficient (Wildman–Crippen LogP) is 3.24. The summed E-state index contributed by atoms with van der Waals surface area (Å²) in [6.07, 6.45) is 3.78. The molecule has 3 nitrogen and oxygen atoms in total. The summed E-state index contributed by atoms with van der Waals surface area (Å²) in [5.41, 5.74) is 3.15. The summed E-state index contributed by atoms with van der Waals surface area (Å²) >= 11 is 5.72. The fraction of sp³-hybridized carbons (Fsp3) is 0.235. The van der Waals surface area contributed by atoms with Gasteiger partial charge in [-0.1, -0.05) is 54.6 Å². The standard InChI is InChI=1S/C17H19ClN2O/c1-2-13-3-5-14(6-4-13)9-10-19-12-16(21)15-7-8-17(18)20-11-15/h2-8,11,16,19,21H,1,9-10,12H2. The Hall–Kier alpha value is -1.68. The number of pyridine rings is 1. The molecule has 21 heavy (non-hydrogen) atoms. The van der Waals surface area contributed by atoms with Crippen LogP contribution in [-0.4, -0.2) is 23.2 Å². The molecule has 0 aliphatic carbocycles. The van der Waals surface area contributed by atoms with Gasteiger partial charge < -0.3 is 10.4 Å². The van der Waals surface area contributed by atoms with E-state index in [2.05, 4.69) is 41.1 Å². The van der Waals surface area contributed by atoms with Gasteiger partial charge in [-0.05, 0) is 30.2 Å². The molecular formula is C17H19ClN2O. The van der Waals surface area contributed by atoms with Crippen molar-refractivity contribution in [3.63, 3.8) is 0 Å². The number of hydrogen-bond donors (Lipinski definition) is 2. The Bertz CT molecular complexity index is 566. The summed E-state index contributed by atoms with van der Waals surface area (Å²) in [7, 11) is 0. The number of nitrogens with zero attached hydrogens (tertiary/aromatic N) is 1. The van der Waals surface area contributed by atoms with E-state index >= 15 is 0 Å². The molecular weight excluding hydrogens is 284 g/mol. The van der Waals surface area contributed by atoms with Crippen molar-refractivity contribution in [3.8, 4) is 0 Å². The van der Waals surface area contributed by atoms with Crippen molar-refractivity contribution in [2.45, 2.75) is 12.5 Å². The smallest absolute Gasteiger partial charge is 0.129 e. The molecule has 1 unspecified atom stereocenters.